The molecule has 0 aromatic heterocycles. The first-order chi connectivity index (χ1) is 8.52. The van der Waals surface area contributed by atoms with Crippen molar-refractivity contribution < 1.29 is 0 Å². The normalized spacial score (nSPS) is 29.7. The maximum atomic E-state index is 6.04. The second-order valence-electron chi connectivity index (χ2n) is 6.62. The van der Waals surface area contributed by atoms with E-state index >= 15 is 0 Å². The van der Waals surface area contributed by atoms with Gasteiger partial charge >= 0.3 is 0 Å². The van der Waals surface area contributed by atoms with Crippen molar-refractivity contribution in [2.24, 2.45) is 11.7 Å². The highest BCUT2D eigenvalue weighted by molar-refractivity contribution is 7.99. The van der Waals surface area contributed by atoms with E-state index in [0.717, 1.165) is 12.5 Å². The molecule has 0 spiro atoms. The lowest BCUT2D eigenvalue weighted by molar-refractivity contribution is 0.0322. The molecule has 18 heavy (non-hydrogen) atoms. The van der Waals surface area contributed by atoms with Crippen LogP contribution in [0, 0.1) is 5.92 Å². The van der Waals surface area contributed by atoms with Crippen molar-refractivity contribution in [3.05, 3.63) is 0 Å². The zero-order valence-corrected chi connectivity index (χ0v) is 13.0. The highest BCUT2D eigenvalue weighted by Crippen LogP contribution is 2.29. The highest BCUT2D eigenvalue weighted by Gasteiger charge is 2.33. The summed E-state index contributed by atoms with van der Waals surface area (Å²) in [6, 6.07) is 0.627. The quantitative estimate of drug-likeness (QED) is 0.843. The molecule has 2 rings (SSSR count). The first-order valence-corrected chi connectivity index (χ1v) is 8.45. The number of nitrogens with two attached hydrogens (primary N) is 1. The van der Waals surface area contributed by atoms with Crippen molar-refractivity contribution >= 4 is 11.8 Å². The standard InChI is InChI=1S/C14H29N3S/c1-14(2,3)17-7-5-16(6-8-17)13(10-15)12-4-9-18-11-12/h12-13H,4-11,15H2,1-3H3. The van der Waals surface area contributed by atoms with E-state index in [-0.39, 0.29) is 0 Å². The highest BCUT2D eigenvalue weighted by atomic mass is 32.2. The van der Waals surface area contributed by atoms with E-state index in [1.54, 1.807) is 0 Å². The fourth-order valence-corrected chi connectivity index (χ4v) is 4.55. The van der Waals surface area contributed by atoms with Crippen LogP contribution in [0.1, 0.15) is 27.2 Å². The monoisotopic (exact) mass is 271 g/mol. The van der Waals surface area contributed by atoms with E-state index < -0.39 is 0 Å². The van der Waals surface area contributed by atoms with Gasteiger partial charge < -0.3 is 5.73 Å². The molecule has 0 saturated carbocycles. The minimum absolute atomic E-state index is 0.313. The fraction of sp³-hybridized carbons (Fsp3) is 1.00. The molecular formula is C14H29N3S. The minimum Gasteiger partial charge on any atom is -0.329 e. The second-order valence-corrected chi connectivity index (χ2v) is 7.77. The lowest BCUT2D eigenvalue weighted by Gasteiger charge is -2.45. The van der Waals surface area contributed by atoms with Crippen LogP contribution in [0.15, 0.2) is 0 Å². The Labute approximate surface area is 116 Å². The van der Waals surface area contributed by atoms with Gasteiger partial charge in [-0.3, -0.25) is 9.80 Å². The molecule has 2 unspecified atom stereocenters. The van der Waals surface area contributed by atoms with E-state index in [1.165, 1.54) is 44.1 Å². The van der Waals surface area contributed by atoms with Gasteiger partial charge in [0, 0.05) is 44.3 Å². The Kier molecular flexibility index (Phi) is 4.98. The zero-order chi connectivity index (χ0) is 13.2. The molecule has 0 amide bonds. The number of nitrogens with zero attached hydrogens (tertiary/aromatic N) is 2. The summed E-state index contributed by atoms with van der Waals surface area (Å²) in [7, 11) is 0. The summed E-state index contributed by atoms with van der Waals surface area (Å²) in [5.74, 6) is 3.49. The molecule has 2 heterocycles. The number of rotatable bonds is 3. The Bertz CT molecular complexity index is 250. The van der Waals surface area contributed by atoms with Crippen LogP contribution in [0.25, 0.3) is 0 Å². The summed E-state index contributed by atoms with van der Waals surface area (Å²) < 4.78 is 0. The summed E-state index contributed by atoms with van der Waals surface area (Å²) in [5, 5.41) is 0. The molecule has 2 aliphatic rings. The Morgan fingerprint density at radius 1 is 1.22 bits per heavy atom. The molecule has 2 fully saturated rings. The van der Waals surface area contributed by atoms with Crippen molar-refractivity contribution in [2.45, 2.75) is 38.8 Å². The van der Waals surface area contributed by atoms with Gasteiger partial charge in [-0.25, -0.2) is 0 Å². The summed E-state index contributed by atoms with van der Waals surface area (Å²) >= 11 is 2.10. The largest absolute Gasteiger partial charge is 0.329 e. The van der Waals surface area contributed by atoms with Crippen LogP contribution >= 0.6 is 11.8 Å². The van der Waals surface area contributed by atoms with Gasteiger partial charge in [-0.15, -0.1) is 0 Å². The first kappa shape index (κ1) is 14.6. The third-order valence-corrected chi connectivity index (χ3v) is 5.67. The molecule has 106 valence electrons. The predicted octanol–water partition coefficient (Wildman–Crippen LogP) is 1.48. The summed E-state index contributed by atoms with van der Waals surface area (Å²) in [5.41, 5.74) is 6.35. The van der Waals surface area contributed by atoms with E-state index in [2.05, 4.69) is 42.3 Å². The summed E-state index contributed by atoms with van der Waals surface area (Å²) in [6.45, 7) is 12.6. The van der Waals surface area contributed by atoms with Crippen molar-refractivity contribution in [1.29, 1.82) is 0 Å². The maximum Gasteiger partial charge on any atom is 0.0255 e. The molecule has 3 nitrogen and oxygen atoms in total. The molecule has 0 radical (unpaired) electrons. The molecule has 0 aromatic carbocycles. The van der Waals surface area contributed by atoms with E-state index in [9.17, 15) is 0 Å². The number of hydrogen-bond acceptors (Lipinski definition) is 4. The molecule has 2 aliphatic heterocycles. The van der Waals surface area contributed by atoms with E-state index in [4.69, 9.17) is 5.73 Å². The van der Waals surface area contributed by atoms with E-state index in [0.29, 0.717) is 11.6 Å². The van der Waals surface area contributed by atoms with Crippen LogP contribution in [0.3, 0.4) is 0 Å². The van der Waals surface area contributed by atoms with Gasteiger partial charge in [0.05, 0.1) is 0 Å². The maximum absolute atomic E-state index is 6.04. The van der Waals surface area contributed by atoms with Gasteiger partial charge in [-0.2, -0.15) is 11.8 Å². The number of hydrogen-bond donors (Lipinski definition) is 1. The Balaban J connectivity index is 1.87. The van der Waals surface area contributed by atoms with Crippen LogP contribution in [-0.4, -0.2) is 65.6 Å². The zero-order valence-electron chi connectivity index (χ0n) is 12.2. The third-order valence-electron chi connectivity index (χ3n) is 4.48. The Morgan fingerprint density at radius 3 is 2.33 bits per heavy atom. The van der Waals surface area contributed by atoms with Crippen LogP contribution in [0.2, 0.25) is 0 Å². The second kappa shape index (κ2) is 6.12. The van der Waals surface area contributed by atoms with Gasteiger partial charge in [-0.05, 0) is 44.6 Å². The van der Waals surface area contributed by atoms with Gasteiger partial charge in [0.1, 0.15) is 0 Å². The molecule has 2 atom stereocenters. The predicted molar refractivity (Wildman–Crippen MR) is 81.2 cm³/mol. The molecular weight excluding hydrogens is 242 g/mol. The minimum atomic E-state index is 0.313. The van der Waals surface area contributed by atoms with Gasteiger partial charge in [0.25, 0.3) is 0 Å². The Hall–Kier alpha value is 0.230. The average Bonchev–Trinajstić information content (AvgIpc) is 2.83. The fourth-order valence-electron chi connectivity index (χ4n) is 3.22. The van der Waals surface area contributed by atoms with E-state index in [1.807, 2.05) is 0 Å². The molecule has 0 aliphatic carbocycles. The van der Waals surface area contributed by atoms with Crippen molar-refractivity contribution in [3.63, 3.8) is 0 Å². The van der Waals surface area contributed by atoms with Crippen molar-refractivity contribution in [2.75, 3.05) is 44.2 Å². The van der Waals surface area contributed by atoms with Crippen LogP contribution in [0.4, 0.5) is 0 Å². The summed E-state index contributed by atoms with van der Waals surface area (Å²) in [4.78, 5) is 5.25. The number of piperazine rings is 1. The van der Waals surface area contributed by atoms with Gasteiger partial charge in [0.15, 0.2) is 0 Å². The molecule has 0 aromatic rings. The number of thioether (sulfide) groups is 1. The molecule has 2 saturated heterocycles. The molecule has 4 heteroatoms. The smallest absolute Gasteiger partial charge is 0.0255 e. The van der Waals surface area contributed by atoms with Crippen molar-refractivity contribution in [3.8, 4) is 0 Å². The lowest BCUT2D eigenvalue weighted by atomic mass is 9.96. The van der Waals surface area contributed by atoms with Gasteiger partial charge in [-0.1, -0.05) is 0 Å². The third kappa shape index (κ3) is 3.41. The van der Waals surface area contributed by atoms with Crippen LogP contribution < -0.4 is 5.73 Å². The lowest BCUT2D eigenvalue weighted by Crippen LogP contribution is -2.58. The topological polar surface area (TPSA) is 32.5 Å². The van der Waals surface area contributed by atoms with Gasteiger partial charge in [0.2, 0.25) is 0 Å². The van der Waals surface area contributed by atoms with Crippen molar-refractivity contribution in [1.82, 2.24) is 9.80 Å². The SMILES string of the molecule is CC(C)(C)N1CCN(C(CN)C2CCSC2)CC1. The van der Waals surface area contributed by atoms with Crippen LogP contribution in [0.5, 0.6) is 0 Å². The molecule has 0 bridgehead atoms. The van der Waals surface area contributed by atoms with Crippen LogP contribution in [-0.2, 0) is 0 Å². The Morgan fingerprint density at radius 2 is 1.89 bits per heavy atom. The first-order valence-electron chi connectivity index (χ1n) is 7.29. The summed E-state index contributed by atoms with van der Waals surface area (Å²) in [6.07, 6.45) is 1.37. The average molecular weight is 271 g/mol. The molecule has 2 N–H and O–H groups in total.